The molecular formula is C11H16BrNO. The van der Waals surface area contributed by atoms with Crippen molar-refractivity contribution in [3.63, 3.8) is 0 Å². The van der Waals surface area contributed by atoms with Crippen LogP contribution in [0.15, 0.2) is 28.7 Å². The average molecular weight is 258 g/mol. The molecule has 0 aliphatic heterocycles. The molecule has 0 aromatic heterocycles. The Morgan fingerprint density at radius 2 is 1.93 bits per heavy atom. The number of hydrogen-bond acceptors (Lipinski definition) is 2. The van der Waals surface area contributed by atoms with Crippen LogP contribution in [0, 0.1) is 0 Å². The van der Waals surface area contributed by atoms with E-state index in [0.717, 1.165) is 16.5 Å². The molecule has 1 atom stereocenters. The Morgan fingerprint density at radius 3 is 2.36 bits per heavy atom. The lowest BCUT2D eigenvalue weighted by atomic mass is 9.92. The molecule has 0 aliphatic carbocycles. The minimum absolute atomic E-state index is 0.268. The van der Waals surface area contributed by atoms with E-state index in [1.165, 1.54) is 0 Å². The van der Waals surface area contributed by atoms with Gasteiger partial charge >= 0.3 is 0 Å². The number of hydrogen-bond donors (Lipinski definition) is 1. The van der Waals surface area contributed by atoms with Gasteiger partial charge in [-0.1, -0.05) is 28.1 Å². The molecule has 78 valence electrons. The summed E-state index contributed by atoms with van der Waals surface area (Å²) < 4.78 is 6.59. The highest BCUT2D eigenvalue weighted by Crippen LogP contribution is 2.28. The van der Waals surface area contributed by atoms with E-state index in [2.05, 4.69) is 35.0 Å². The van der Waals surface area contributed by atoms with Gasteiger partial charge in [0.15, 0.2) is 0 Å². The van der Waals surface area contributed by atoms with E-state index >= 15 is 0 Å². The van der Waals surface area contributed by atoms with Crippen LogP contribution in [0.25, 0.3) is 0 Å². The van der Waals surface area contributed by atoms with Gasteiger partial charge < -0.3 is 10.5 Å². The number of benzene rings is 1. The summed E-state index contributed by atoms with van der Waals surface area (Å²) in [6.45, 7) is 2.68. The largest absolute Gasteiger partial charge is 0.374 e. The molecule has 0 saturated carbocycles. The molecule has 0 heterocycles. The maximum atomic E-state index is 5.57. The average Bonchev–Trinajstić information content (AvgIpc) is 2.19. The Hall–Kier alpha value is -0.380. The van der Waals surface area contributed by atoms with Crippen molar-refractivity contribution in [2.45, 2.75) is 18.9 Å². The van der Waals surface area contributed by atoms with Crippen LogP contribution in [0.5, 0.6) is 0 Å². The summed E-state index contributed by atoms with van der Waals surface area (Å²) in [6.07, 6.45) is 0.825. The standard InChI is InChI=1S/C11H16BrNO/c1-11(14-2,7-8-13)9-3-5-10(12)6-4-9/h3-6H,7-8,13H2,1-2H3. The van der Waals surface area contributed by atoms with Crippen LogP contribution in [0.4, 0.5) is 0 Å². The molecule has 0 fully saturated rings. The van der Waals surface area contributed by atoms with Crippen LogP contribution in [-0.2, 0) is 10.3 Å². The first-order valence-electron chi connectivity index (χ1n) is 4.63. The van der Waals surface area contributed by atoms with Gasteiger partial charge in [-0.15, -0.1) is 0 Å². The van der Waals surface area contributed by atoms with Gasteiger partial charge in [0.25, 0.3) is 0 Å². The summed E-state index contributed by atoms with van der Waals surface area (Å²) in [6, 6.07) is 8.15. The van der Waals surface area contributed by atoms with E-state index in [0.29, 0.717) is 6.54 Å². The first-order chi connectivity index (χ1) is 6.62. The molecule has 0 aliphatic rings. The van der Waals surface area contributed by atoms with Crippen molar-refractivity contribution in [2.75, 3.05) is 13.7 Å². The van der Waals surface area contributed by atoms with Gasteiger partial charge in [-0.2, -0.15) is 0 Å². The zero-order valence-electron chi connectivity index (χ0n) is 8.59. The third-order valence-corrected chi connectivity index (χ3v) is 3.06. The number of nitrogens with two attached hydrogens (primary N) is 1. The first-order valence-corrected chi connectivity index (χ1v) is 5.43. The fraction of sp³-hybridized carbons (Fsp3) is 0.455. The summed E-state index contributed by atoms with van der Waals surface area (Å²) >= 11 is 3.41. The second kappa shape index (κ2) is 4.91. The van der Waals surface area contributed by atoms with E-state index in [1.807, 2.05) is 12.1 Å². The first kappa shape index (κ1) is 11.7. The molecule has 0 spiro atoms. The van der Waals surface area contributed by atoms with Gasteiger partial charge in [0.2, 0.25) is 0 Å². The molecule has 0 saturated heterocycles. The quantitative estimate of drug-likeness (QED) is 0.901. The number of methoxy groups -OCH3 is 1. The predicted octanol–water partition coefficient (Wildman–Crippen LogP) is 2.66. The minimum Gasteiger partial charge on any atom is -0.374 e. The van der Waals surface area contributed by atoms with Gasteiger partial charge in [0.1, 0.15) is 0 Å². The monoisotopic (exact) mass is 257 g/mol. The molecule has 2 N–H and O–H groups in total. The maximum absolute atomic E-state index is 5.57. The SMILES string of the molecule is COC(C)(CCN)c1ccc(Br)cc1. The van der Waals surface area contributed by atoms with Crippen LogP contribution >= 0.6 is 15.9 Å². The van der Waals surface area contributed by atoms with E-state index < -0.39 is 0 Å². The third kappa shape index (κ3) is 2.56. The highest BCUT2D eigenvalue weighted by atomic mass is 79.9. The van der Waals surface area contributed by atoms with E-state index in [4.69, 9.17) is 10.5 Å². The van der Waals surface area contributed by atoms with Gasteiger partial charge in [-0.3, -0.25) is 0 Å². The summed E-state index contributed by atoms with van der Waals surface area (Å²) in [5.74, 6) is 0. The topological polar surface area (TPSA) is 35.2 Å². The van der Waals surface area contributed by atoms with Crippen molar-refractivity contribution < 1.29 is 4.74 Å². The molecule has 3 heteroatoms. The Kier molecular flexibility index (Phi) is 4.11. The molecule has 0 bridgehead atoms. The molecule has 14 heavy (non-hydrogen) atoms. The van der Waals surface area contributed by atoms with Crippen molar-refractivity contribution in [3.8, 4) is 0 Å². The molecule has 1 unspecified atom stereocenters. The highest BCUT2D eigenvalue weighted by Gasteiger charge is 2.24. The fourth-order valence-corrected chi connectivity index (χ4v) is 1.71. The summed E-state index contributed by atoms with van der Waals surface area (Å²) in [7, 11) is 1.72. The second-order valence-corrected chi connectivity index (χ2v) is 4.40. The molecule has 2 nitrogen and oxygen atoms in total. The Morgan fingerprint density at radius 1 is 1.36 bits per heavy atom. The van der Waals surface area contributed by atoms with E-state index in [-0.39, 0.29) is 5.60 Å². The van der Waals surface area contributed by atoms with Crippen LogP contribution in [-0.4, -0.2) is 13.7 Å². The maximum Gasteiger partial charge on any atom is 0.0911 e. The van der Waals surface area contributed by atoms with E-state index in [9.17, 15) is 0 Å². The Balaban J connectivity index is 2.94. The van der Waals surface area contributed by atoms with Crippen molar-refractivity contribution in [1.29, 1.82) is 0 Å². The van der Waals surface area contributed by atoms with Crippen LogP contribution in [0.1, 0.15) is 18.9 Å². The number of rotatable bonds is 4. The second-order valence-electron chi connectivity index (χ2n) is 3.48. The van der Waals surface area contributed by atoms with Gasteiger partial charge in [-0.05, 0) is 37.6 Å². The Labute approximate surface area is 93.6 Å². The lowest BCUT2D eigenvalue weighted by molar-refractivity contribution is -0.00340. The lowest BCUT2D eigenvalue weighted by Crippen LogP contribution is -2.27. The van der Waals surface area contributed by atoms with Crippen molar-refractivity contribution in [3.05, 3.63) is 34.3 Å². The van der Waals surface area contributed by atoms with Gasteiger partial charge in [0, 0.05) is 11.6 Å². The van der Waals surface area contributed by atoms with Gasteiger partial charge in [0.05, 0.1) is 5.60 Å². The highest BCUT2D eigenvalue weighted by molar-refractivity contribution is 9.10. The zero-order valence-corrected chi connectivity index (χ0v) is 10.2. The normalized spacial score (nSPS) is 15.1. The molecule has 0 radical (unpaired) electrons. The summed E-state index contributed by atoms with van der Waals surface area (Å²) in [4.78, 5) is 0. The number of halogens is 1. The molecule has 1 aromatic rings. The smallest absolute Gasteiger partial charge is 0.0911 e. The fourth-order valence-electron chi connectivity index (χ4n) is 1.44. The molecule has 0 amide bonds. The summed E-state index contributed by atoms with van der Waals surface area (Å²) in [5, 5.41) is 0. The third-order valence-electron chi connectivity index (χ3n) is 2.53. The zero-order chi connectivity index (χ0) is 10.6. The Bertz CT molecular complexity index is 286. The van der Waals surface area contributed by atoms with Crippen molar-refractivity contribution >= 4 is 15.9 Å². The minimum atomic E-state index is -0.268. The van der Waals surface area contributed by atoms with Crippen LogP contribution in [0.3, 0.4) is 0 Å². The van der Waals surface area contributed by atoms with Crippen LogP contribution in [0.2, 0.25) is 0 Å². The molecular weight excluding hydrogens is 242 g/mol. The van der Waals surface area contributed by atoms with Crippen LogP contribution < -0.4 is 5.73 Å². The number of ether oxygens (including phenoxy) is 1. The lowest BCUT2D eigenvalue weighted by Gasteiger charge is -2.28. The molecule has 1 aromatic carbocycles. The van der Waals surface area contributed by atoms with Crippen molar-refractivity contribution in [1.82, 2.24) is 0 Å². The van der Waals surface area contributed by atoms with E-state index in [1.54, 1.807) is 7.11 Å². The predicted molar refractivity (Wildman–Crippen MR) is 62.2 cm³/mol. The molecule has 1 rings (SSSR count). The summed E-state index contributed by atoms with van der Waals surface area (Å²) in [5.41, 5.74) is 6.46. The van der Waals surface area contributed by atoms with Gasteiger partial charge in [-0.25, -0.2) is 0 Å². The van der Waals surface area contributed by atoms with Crippen molar-refractivity contribution in [2.24, 2.45) is 5.73 Å².